The molecule has 0 aliphatic carbocycles. The number of carbonyl (C=O) groups is 2. The van der Waals surface area contributed by atoms with Crippen LogP contribution < -0.4 is 4.90 Å². The van der Waals surface area contributed by atoms with Gasteiger partial charge in [-0.3, -0.25) is 14.5 Å². The fourth-order valence-electron chi connectivity index (χ4n) is 2.85. The zero-order valence-electron chi connectivity index (χ0n) is 12.5. The van der Waals surface area contributed by atoms with E-state index in [4.69, 9.17) is 16.7 Å². The Morgan fingerprint density at radius 3 is 2.29 bits per heavy atom. The molecule has 122 valence electrons. The number of carboxylic acid groups (broad SMARTS) is 1. The number of para-hydroxylation sites is 1. The second-order valence-corrected chi connectivity index (χ2v) is 5.85. The van der Waals surface area contributed by atoms with Crippen LogP contribution in [-0.2, 0) is 9.59 Å². The number of aliphatic hydroxyl groups is 1. The van der Waals surface area contributed by atoms with Gasteiger partial charge in [0.05, 0.1) is 12.5 Å². The van der Waals surface area contributed by atoms with Crippen LogP contribution in [0, 0.1) is 0 Å². The average Bonchev–Trinajstić information content (AvgIpc) is 2.81. The summed E-state index contributed by atoms with van der Waals surface area (Å²) in [4.78, 5) is 25.1. The first-order valence-corrected chi connectivity index (χ1v) is 7.64. The molecular formula is C18H14ClNO4. The van der Waals surface area contributed by atoms with E-state index in [1.807, 2.05) is 6.07 Å². The maximum atomic E-state index is 12.5. The summed E-state index contributed by atoms with van der Waals surface area (Å²) in [5.41, 5.74) is 1.42. The van der Waals surface area contributed by atoms with Crippen LogP contribution in [0.2, 0.25) is 5.02 Å². The first-order valence-electron chi connectivity index (χ1n) is 7.27. The van der Waals surface area contributed by atoms with Crippen LogP contribution in [0.4, 0.5) is 5.69 Å². The number of benzene rings is 2. The van der Waals surface area contributed by atoms with Gasteiger partial charge >= 0.3 is 5.97 Å². The van der Waals surface area contributed by atoms with Crippen LogP contribution in [0.3, 0.4) is 0 Å². The molecule has 2 aromatic carbocycles. The molecule has 0 bridgehead atoms. The van der Waals surface area contributed by atoms with Gasteiger partial charge in [-0.1, -0.05) is 41.9 Å². The number of amides is 1. The third-order valence-electron chi connectivity index (χ3n) is 3.88. The van der Waals surface area contributed by atoms with Crippen molar-refractivity contribution in [3.8, 4) is 0 Å². The molecule has 0 aromatic heterocycles. The Labute approximate surface area is 143 Å². The molecule has 1 atom stereocenters. The molecule has 0 saturated carbocycles. The Kier molecular flexibility index (Phi) is 4.27. The number of nitrogens with zero attached hydrogens (tertiary/aromatic N) is 1. The summed E-state index contributed by atoms with van der Waals surface area (Å²) in [7, 11) is 0. The van der Waals surface area contributed by atoms with Gasteiger partial charge in [0.15, 0.2) is 5.76 Å². The average molecular weight is 344 g/mol. The van der Waals surface area contributed by atoms with Gasteiger partial charge in [-0.05, 0) is 29.8 Å². The van der Waals surface area contributed by atoms with Gasteiger partial charge in [-0.25, -0.2) is 0 Å². The number of rotatable bonds is 4. The number of aliphatic hydroxyl groups excluding tert-OH is 1. The Balaban J connectivity index is 2.13. The van der Waals surface area contributed by atoms with Gasteiger partial charge in [0.2, 0.25) is 0 Å². The number of hydrogen-bond acceptors (Lipinski definition) is 3. The Bertz CT molecular complexity index is 815. The fourth-order valence-corrected chi connectivity index (χ4v) is 2.97. The summed E-state index contributed by atoms with van der Waals surface area (Å²) in [6.45, 7) is 0. The van der Waals surface area contributed by atoms with E-state index in [2.05, 4.69) is 0 Å². The van der Waals surface area contributed by atoms with E-state index in [9.17, 15) is 14.7 Å². The second kappa shape index (κ2) is 6.37. The van der Waals surface area contributed by atoms with Crippen LogP contribution in [0.15, 0.2) is 65.9 Å². The standard InChI is InChI=1S/C18H14ClNO4/c19-12-8-6-11(7-9-12)16-14(10-15(21)22)17(23)18(24)20(16)13-4-2-1-3-5-13/h1-9,16,23H,10H2,(H,21,22)/t16-/m1/s1. The monoisotopic (exact) mass is 343 g/mol. The van der Waals surface area contributed by atoms with E-state index < -0.39 is 30.1 Å². The van der Waals surface area contributed by atoms with E-state index in [1.165, 1.54) is 4.90 Å². The van der Waals surface area contributed by atoms with Gasteiger partial charge in [0.25, 0.3) is 5.91 Å². The number of anilines is 1. The zero-order chi connectivity index (χ0) is 17.3. The highest BCUT2D eigenvalue weighted by atomic mass is 35.5. The number of halogens is 1. The predicted molar refractivity (Wildman–Crippen MR) is 90.0 cm³/mol. The highest BCUT2D eigenvalue weighted by Gasteiger charge is 2.41. The van der Waals surface area contributed by atoms with Crippen molar-refractivity contribution in [1.82, 2.24) is 0 Å². The number of carbonyl (C=O) groups excluding carboxylic acids is 1. The molecule has 5 nitrogen and oxygen atoms in total. The molecule has 1 amide bonds. The van der Waals surface area contributed by atoms with Gasteiger partial charge in [-0.2, -0.15) is 0 Å². The van der Waals surface area contributed by atoms with Gasteiger partial charge in [0.1, 0.15) is 0 Å². The van der Waals surface area contributed by atoms with Crippen LogP contribution in [0.25, 0.3) is 0 Å². The molecule has 24 heavy (non-hydrogen) atoms. The van der Waals surface area contributed by atoms with Crippen molar-refractivity contribution in [2.75, 3.05) is 4.90 Å². The molecule has 2 N–H and O–H groups in total. The molecule has 0 radical (unpaired) electrons. The molecule has 1 aliphatic heterocycles. The van der Waals surface area contributed by atoms with Crippen LogP contribution in [0.1, 0.15) is 18.0 Å². The maximum Gasteiger partial charge on any atom is 0.307 e. The number of carboxylic acids is 1. The molecule has 0 spiro atoms. The van der Waals surface area contributed by atoms with Crippen molar-refractivity contribution in [3.05, 3.63) is 76.5 Å². The van der Waals surface area contributed by atoms with Crippen LogP contribution >= 0.6 is 11.6 Å². The Morgan fingerprint density at radius 1 is 1.08 bits per heavy atom. The van der Waals surface area contributed by atoms with E-state index in [0.29, 0.717) is 16.3 Å². The Morgan fingerprint density at radius 2 is 1.71 bits per heavy atom. The highest BCUT2D eigenvalue weighted by Crippen LogP contribution is 2.41. The van der Waals surface area contributed by atoms with Crippen molar-refractivity contribution in [1.29, 1.82) is 0 Å². The van der Waals surface area contributed by atoms with E-state index in [1.54, 1.807) is 48.5 Å². The fraction of sp³-hybridized carbons (Fsp3) is 0.111. The summed E-state index contributed by atoms with van der Waals surface area (Å²) in [5.74, 6) is -2.24. The predicted octanol–water partition coefficient (Wildman–Crippen LogP) is 3.71. The SMILES string of the molecule is O=C(O)CC1=C(O)C(=O)N(c2ccccc2)[C@@H]1c1ccc(Cl)cc1. The lowest BCUT2D eigenvalue weighted by atomic mass is 9.96. The van der Waals surface area contributed by atoms with Gasteiger partial charge < -0.3 is 10.2 Å². The first kappa shape index (κ1) is 16.1. The summed E-state index contributed by atoms with van der Waals surface area (Å²) in [6.07, 6.45) is -0.422. The van der Waals surface area contributed by atoms with Crippen LogP contribution in [0.5, 0.6) is 0 Å². The molecule has 0 saturated heterocycles. The lowest BCUT2D eigenvalue weighted by Gasteiger charge is -2.27. The third-order valence-corrected chi connectivity index (χ3v) is 4.13. The molecule has 3 rings (SSSR count). The highest BCUT2D eigenvalue weighted by molar-refractivity contribution is 6.30. The molecule has 0 unspecified atom stereocenters. The van der Waals surface area contributed by atoms with Crippen molar-refractivity contribution < 1.29 is 19.8 Å². The van der Waals surface area contributed by atoms with Crippen molar-refractivity contribution >= 4 is 29.2 Å². The van der Waals surface area contributed by atoms with Crippen molar-refractivity contribution in [3.63, 3.8) is 0 Å². The molecule has 0 fully saturated rings. The second-order valence-electron chi connectivity index (χ2n) is 5.41. The van der Waals surface area contributed by atoms with Gasteiger partial charge in [-0.15, -0.1) is 0 Å². The summed E-state index contributed by atoms with van der Waals surface area (Å²) in [6, 6.07) is 14.9. The molecule has 1 heterocycles. The lowest BCUT2D eigenvalue weighted by Crippen LogP contribution is -2.30. The minimum atomic E-state index is -1.11. The normalized spacial score (nSPS) is 17.5. The topological polar surface area (TPSA) is 77.8 Å². The Hall–Kier alpha value is -2.79. The van der Waals surface area contributed by atoms with E-state index in [-0.39, 0.29) is 5.57 Å². The number of aliphatic carboxylic acids is 1. The van der Waals surface area contributed by atoms with Crippen molar-refractivity contribution in [2.45, 2.75) is 12.5 Å². The van der Waals surface area contributed by atoms with Crippen molar-refractivity contribution in [2.24, 2.45) is 0 Å². The van der Waals surface area contributed by atoms with Crippen LogP contribution in [-0.4, -0.2) is 22.1 Å². The summed E-state index contributed by atoms with van der Waals surface area (Å²) in [5, 5.41) is 19.9. The zero-order valence-corrected chi connectivity index (χ0v) is 13.3. The number of hydrogen-bond donors (Lipinski definition) is 2. The van der Waals surface area contributed by atoms with Gasteiger partial charge in [0, 0.05) is 16.3 Å². The molecule has 6 heteroatoms. The minimum absolute atomic E-state index is 0.165. The van der Waals surface area contributed by atoms with E-state index >= 15 is 0 Å². The minimum Gasteiger partial charge on any atom is -0.503 e. The summed E-state index contributed by atoms with van der Waals surface area (Å²) >= 11 is 5.91. The molecular weight excluding hydrogens is 330 g/mol. The lowest BCUT2D eigenvalue weighted by molar-refractivity contribution is -0.136. The third kappa shape index (κ3) is 2.86. The summed E-state index contributed by atoms with van der Waals surface area (Å²) < 4.78 is 0. The smallest absolute Gasteiger partial charge is 0.307 e. The van der Waals surface area contributed by atoms with E-state index in [0.717, 1.165) is 0 Å². The maximum absolute atomic E-state index is 12.5. The molecule has 1 aliphatic rings. The first-order chi connectivity index (χ1) is 11.5. The largest absolute Gasteiger partial charge is 0.503 e. The molecule has 2 aromatic rings. The quantitative estimate of drug-likeness (QED) is 0.887.